The lowest BCUT2D eigenvalue weighted by molar-refractivity contribution is -0.127. The van der Waals surface area contributed by atoms with Crippen molar-refractivity contribution in [3.63, 3.8) is 0 Å². The van der Waals surface area contributed by atoms with Crippen LogP contribution in [0.4, 0.5) is 0 Å². The summed E-state index contributed by atoms with van der Waals surface area (Å²) in [6.45, 7) is 3.44. The molecule has 4 rings (SSSR count). The number of hydrogen-bond donors (Lipinski definition) is 2. The zero-order valence-corrected chi connectivity index (χ0v) is 20.9. The summed E-state index contributed by atoms with van der Waals surface area (Å²) in [5.41, 5.74) is 5.63. The molecule has 1 unspecified atom stereocenters. The molecule has 0 spiro atoms. The predicted octanol–water partition coefficient (Wildman–Crippen LogP) is 3.94. The van der Waals surface area contributed by atoms with Gasteiger partial charge in [-0.15, -0.1) is 22.7 Å². The second-order valence-corrected chi connectivity index (χ2v) is 11.2. The molecule has 2 aromatic heterocycles. The number of nitrogens with zero attached hydrogens (tertiary/aromatic N) is 2. The topological polar surface area (TPSA) is 78.7 Å². The molecule has 2 aromatic rings. The number of carbonyl (C=O) groups is 2. The summed E-state index contributed by atoms with van der Waals surface area (Å²) in [5, 5.41) is 7.00. The number of amides is 2. The van der Waals surface area contributed by atoms with E-state index in [0.717, 1.165) is 25.4 Å². The molecular formula is C25H36N4O2S2. The molecule has 2 aliphatic rings. The molecule has 1 saturated carbocycles. The molecule has 3 N–H and O–H groups in total. The fourth-order valence-corrected chi connectivity index (χ4v) is 6.68. The molecule has 1 saturated heterocycles. The minimum atomic E-state index is -0.456. The van der Waals surface area contributed by atoms with Gasteiger partial charge >= 0.3 is 0 Å². The Morgan fingerprint density at radius 2 is 1.88 bits per heavy atom. The van der Waals surface area contributed by atoms with Crippen LogP contribution < -0.4 is 11.1 Å². The first-order valence-corrected chi connectivity index (χ1v) is 14.0. The minimum Gasteiger partial charge on any atom is -0.353 e. The molecule has 1 aliphatic heterocycles. The van der Waals surface area contributed by atoms with Crippen molar-refractivity contribution in [1.29, 1.82) is 0 Å². The van der Waals surface area contributed by atoms with Crippen molar-refractivity contribution in [2.75, 3.05) is 26.2 Å². The van der Waals surface area contributed by atoms with Gasteiger partial charge in [0.1, 0.15) is 6.04 Å². The molecule has 180 valence electrons. The second-order valence-electron chi connectivity index (χ2n) is 9.26. The lowest BCUT2D eigenvalue weighted by Gasteiger charge is -2.44. The van der Waals surface area contributed by atoms with E-state index in [2.05, 4.69) is 27.7 Å². The fraction of sp³-hybridized carbons (Fsp3) is 0.600. The van der Waals surface area contributed by atoms with Gasteiger partial charge in [-0.1, -0.05) is 31.4 Å². The van der Waals surface area contributed by atoms with Crippen LogP contribution in [0.1, 0.15) is 59.5 Å². The summed E-state index contributed by atoms with van der Waals surface area (Å²) in [6.07, 6.45) is 8.19. The Labute approximate surface area is 205 Å². The van der Waals surface area contributed by atoms with Gasteiger partial charge in [-0.25, -0.2) is 0 Å². The van der Waals surface area contributed by atoms with E-state index < -0.39 is 6.04 Å². The summed E-state index contributed by atoms with van der Waals surface area (Å²) >= 11 is 3.24. The van der Waals surface area contributed by atoms with E-state index in [1.54, 1.807) is 16.2 Å². The lowest BCUT2D eigenvalue weighted by atomic mass is 9.87. The van der Waals surface area contributed by atoms with Crippen molar-refractivity contribution in [3.8, 4) is 0 Å². The Balaban J connectivity index is 1.52. The second kappa shape index (κ2) is 12.1. The quantitative estimate of drug-likeness (QED) is 0.560. The highest BCUT2D eigenvalue weighted by Crippen LogP contribution is 2.31. The van der Waals surface area contributed by atoms with Gasteiger partial charge in [0, 0.05) is 43.6 Å². The number of carbonyl (C=O) groups excluding carboxylic acids is 2. The van der Waals surface area contributed by atoms with Gasteiger partial charge in [-0.2, -0.15) is 0 Å². The summed E-state index contributed by atoms with van der Waals surface area (Å²) < 4.78 is 0. The Morgan fingerprint density at radius 3 is 2.58 bits per heavy atom. The van der Waals surface area contributed by atoms with E-state index in [1.807, 2.05) is 17.5 Å². The highest BCUT2D eigenvalue weighted by molar-refractivity contribution is 7.12. The van der Waals surface area contributed by atoms with Crippen LogP contribution in [0.2, 0.25) is 0 Å². The molecule has 2 amide bonds. The zero-order chi connectivity index (χ0) is 23.0. The number of piperidine rings is 1. The van der Waals surface area contributed by atoms with Crippen LogP contribution in [-0.2, 0) is 11.3 Å². The monoisotopic (exact) mass is 488 g/mol. The van der Waals surface area contributed by atoms with Gasteiger partial charge in [0.2, 0.25) is 5.91 Å². The van der Waals surface area contributed by atoms with E-state index in [1.165, 1.54) is 48.3 Å². The molecular weight excluding hydrogens is 452 g/mol. The first-order valence-electron chi connectivity index (χ1n) is 12.2. The number of likely N-dealkylation sites (tertiary alicyclic amines) is 1. The molecule has 0 bridgehead atoms. The molecule has 33 heavy (non-hydrogen) atoms. The normalized spacial score (nSPS) is 21.9. The van der Waals surface area contributed by atoms with Crippen LogP contribution in [0, 0.1) is 5.92 Å². The van der Waals surface area contributed by atoms with Gasteiger partial charge in [0.25, 0.3) is 5.91 Å². The first-order chi connectivity index (χ1) is 16.2. The van der Waals surface area contributed by atoms with Gasteiger partial charge in [0.05, 0.1) is 4.88 Å². The fourth-order valence-electron chi connectivity index (χ4n) is 5.27. The van der Waals surface area contributed by atoms with Crippen LogP contribution in [0.15, 0.2) is 35.0 Å². The highest BCUT2D eigenvalue weighted by Gasteiger charge is 2.39. The number of hydrogen-bond acceptors (Lipinski definition) is 6. The Morgan fingerprint density at radius 1 is 1.09 bits per heavy atom. The average Bonchev–Trinajstić information content (AvgIpc) is 3.57. The third-order valence-electron chi connectivity index (χ3n) is 6.99. The third kappa shape index (κ3) is 6.44. The molecule has 3 heterocycles. The van der Waals surface area contributed by atoms with Gasteiger partial charge in [0.15, 0.2) is 0 Å². The summed E-state index contributed by atoms with van der Waals surface area (Å²) in [6, 6.07) is 7.89. The summed E-state index contributed by atoms with van der Waals surface area (Å²) in [7, 11) is 0. The van der Waals surface area contributed by atoms with Crippen molar-refractivity contribution >= 4 is 34.5 Å². The third-order valence-corrected chi connectivity index (χ3v) is 8.71. The minimum absolute atomic E-state index is 0.0339. The maximum absolute atomic E-state index is 13.2. The highest BCUT2D eigenvalue weighted by atomic mass is 32.1. The average molecular weight is 489 g/mol. The molecule has 0 radical (unpaired) electrons. The zero-order valence-electron chi connectivity index (χ0n) is 19.3. The molecule has 6 nitrogen and oxygen atoms in total. The predicted molar refractivity (Wildman–Crippen MR) is 136 cm³/mol. The first kappa shape index (κ1) is 24.4. The van der Waals surface area contributed by atoms with Crippen molar-refractivity contribution in [2.45, 2.75) is 63.6 Å². The maximum Gasteiger partial charge on any atom is 0.264 e. The standard InChI is InChI=1S/C25H36N4O2S2/c26-11-12-27-24(30)22-16-20(10-13-29(22)25(31)23-9-5-15-33-23)28(18-21-8-4-14-32-21)17-19-6-2-1-3-7-19/h4-5,8-9,14-15,19-20,22H,1-3,6-7,10-13,16-18,26H2,(H,27,30)/t20?,22-/m1/s1. The number of thiophene rings is 2. The Kier molecular flexibility index (Phi) is 8.95. The van der Waals surface area contributed by atoms with Gasteiger partial charge in [-0.3, -0.25) is 14.5 Å². The van der Waals surface area contributed by atoms with Crippen molar-refractivity contribution in [1.82, 2.24) is 15.1 Å². The molecule has 2 atom stereocenters. The summed E-state index contributed by atoms with van der Waals surface area (Å²) in [4.78, 5) is 32.8. The van der Waals surface area contributed by atoms with Crippen LogP contribution in [0.25, 0.3) is 0 Å². The van der Waals surface area contributed by atoms with Gasteiger partial charge < -0.3 is 16.0 Å². The van der Waals surface area contributed by atoms with Crippen molar-refractivity contribution in [3.05, 3.63) is 44.8 Å². The van der Waals surface area contributed by atoms with E-state index >= 15 is 0 Å². The smallest absolute Gasteiger partial charge is 0.264 e. The van der Waals surface area contributed by atoms with E-state index in [0.29, 0.717) is 30.9 Å². The van der Waals surface area contributed by atoms with Crippen LogP contribution in [0.5, 0.6) is 0 Å². The maximum atomic E-state index is 13.2. The number of nitrogens with two attached hydrogens (primary N) is 1. The molecule has 2 fully saturated rings. The van der Waals surface area contributed by atoms with Crippen molar-refractivity contribution in [2.24, 2.45) is 11.7 Å². The van der Waals surface area contributed by atoms with E-state index in [9.17, 15) is 9.59 Å². The molecule has 0 aromatic carbocycles. The van der Waals surface area contributed by atoms with Crippen LogP contribution in [-0.4, -0.2) is 59.9 Å². The Bertz CT molecular complexity index is 865. The Hall–Kier alpha value is -1.74. The largest absolute Gasteiger partial charge is 0.353 e. The SMILES string of the molecule is NCCNC(=O)[C@H]1CC(N(Cc2cccs2)CC2CCCCC2)CCN1C(=O)c1cccs1. The van der Waals surface area contributed by atoms with E-state index in [4.69, 9.17) is 5.73 Å². The van der Waals surface area contributed by atoms with Crippen LogP contribution in [0.3, 0.4) is 0 Å². The molecule has 8 heteroatoms. The number of nitrogens with one attached hydrogen (secondary N) is 1. The summed E-state index contributed by atoms with van der Waals surface area (Å²) in [5.74, 6) is 0.617. The van der Waals surface area contributed by atoms with Crippen molar-refractivity contribution < 1.29 is 9.59 Å². The molecule has 1 aliphatic carbocycles. The van der Waals surface area contributed by atoms with Gasteiger partial charge in [-0.05, 0) is 54.5 Å². The van der Waals surface area contributed by atoms with Crippen LogP contribution >= 0.6 is 22.7 Å². The van der Waals surface area contributed by atoms with E-state index in [-0.39, 0.29) is 17.9 Å². The number of rotatable bonds is 9. The lowest BCUT2D eigenvalue weighted by Crippen LogP contribution is -2.57.